The lowest BCUT2D eigenvalue weighted by Crippen LogP contribution is -2.38. The number of carboxylic acid groups (broad SMARTS) is 1. The number of benzene rings is 1. The Labute approximate surface area is 221 Å². The molecule has 1 N–H and O–H groups in total. The lowest BCUT2D eigenvalue weighted by Gasteiger charge is -2.33. The van der Waals surface area contributed by atoms with E-state index in [1.807, 2.05) is 0 Å². The van der Waals surface area contributed by atoms with E-state index in [2.05, 4.69) is 54.1 Å². The van der Waals surface area contributed by atoms with Crippen LogP contribution in [0.3, 0.4) is 0 Å². The fourth-order valence-corrected chi connectivity index (χ4v) is 5.67. The minimum Gasteiger partial charge on any atom is -0.480 e. The van der Waals surface area contributed by atoms with E-state index in [9.17, 15) is 14.7 Å². The van der Waals surface area contributed by atoms with Gasteiger partial charge in [-0.25, -0.2) is 9.97 Å². The summed E-state index contributed by atoms with van der Waals surface area (Å²) in [5.74, 6) is 0.723. The zero-order valence-electron chi connectivity index (χ0n) is 22.4. The third-order valence-electron chi connectivity index (χ3n) is 7.88. The first-order valence-electron chi connectivity index (χ1n) is 14.1. The van der Waals surface area contributed by atoms with E-state index in [1.54, 1.807) is 6.20 Å². The maximum Gasteiger partial charge on any atom is 0.323 e. The number of piperidine rings is 1. The molecular weight excluding hydrogens is 464 g/mol. The van der Waals surface area contributed by atoms with Crippen molar-refractivity contribution in [3.63, 3.8) is 0 Å². The van der Waals surface area contributed by atoms with E-state index >= 15 is 0 Å². The van der Waals surface area contributed by atoms with Gasteiger partial charge in [0.25, 0.3) is 5.91 Å². The zero-order chi connectivity index (χ0) is 26.2. The van der Waals surface area contributed by atoms with Gasteiger partial charge in [0, 0.05) is 31.7 Å². The standard InChI is InChI=1S/C30H42N4O3/c1-22(2)13-16-34(21-27(35)36)29(37)26-20-31-30(32-28(26)25-11-7-4-8-12-25)33-17-14-24(15-18-33)19-23-9-5-3-6-10-23/h3,5-6,9-10,20,22,24-25H,4,7-8,11-19,21H2,1-2H3,(H,35,36). The summed E-state index contributed by atoms with van der Waals surface area (Å²) in [4.78, 5) is 38.6. The minimum absolute atomic E-state index is 0.224. The quantitative estimate of drug-likeness (QED) is 0.454. The Morgan fingerprint density at radius 2 is 1.76 bits per heavy atom. The fourth-order valence-electron chi connectivity index (χ4n) is 5.67. The van der Waals surface area contributed by atoms with Crippen LogP contribution < -0.4 is 4.90 Å². The second kappa shape index (κ2) is 13.0. The second-order valence-electron chi connectivity index (χ2n) is 11.2. The van der Waals surface area contributed by atoms with Gasteiger partial charge < -0.3 is 14.9 Å². The molecule has 2 aromatic rings. The molecule has 4 rings (SSSR count). The van der Waals surface area contributed by atoms with Crippen molar-refractivity contribution >= 4 is 17.8 Å². The molecule has 7 heteroatoms. The monoisotopic (exact) mass is 506 g/mol. The highest BCUT2D eigenvalue weighted by Gasteiger charge is 2.29. The first-order valence-corrected chi connectivity index (χ1v) is 14.1. The zero-order valence-corrected chi connectivity index (χ0v) is 22.4. The van der Waals surface area contributed by atoms with Crippen molar-refractivity contribution < 1.29 is 14.7 Å². The molecule has 0 unspecified atom stereocenters. The Morgan fingerprint density at radius 3 is 2.41 bits per heavy atom. The molecule has 0 radical (unpaired) electrons. The molecule has 2 aliphatic rings. The number of carbonyl (C=O) groups is 2. The number of carbonyl (C=O) groups excluding carboxylic acids is 1. The van der Waals surface area contributed by atoms with Crippen molar-refractivity contribution in [2.75, 3.05) is 31.1 Å². The molecule has 1 saturated heterocycles. The van der Waals surface area contributed by atoms with Gasteiger partial charge in [-0.15, -0.1) is 0 Å². The first-order chi connectivity index (χ1) is 17.9. The van der Waals surface area contributed by atoms with Gasteiger partial charge >= 0.3 is 5.97 Å². The molecule has 200 valence electrons. The molecule has 2 fully saturated rings. The molecule has 37 heavy (non-hydrogen) atoms. The van der Waals surface area contributed by atoms with Crippen molar-refractivity contribution in [3.8, 4) is 0 Å². The van der Waals surface area contributed by atoms with Gasteiger partial charge in [-0.3, -0.25) is 9.59 Å². The first kappa shape index (κ1) is 27.1. The van der Waals surface area contributed by atoms with Crippen molar-refractivity contribution in [1.82, 2.24) is 14.9 Å². The van der Waals surface area contributed by atoms with Crippen molar-refractivity contribution in [2.24, 2.45) is 11.8 Å². The fraction of sp³-hybridized carbons (Fsp3) is 0.600. The summed E-state index contributed by atoms with van der Waals surface area (Å²) >= 11 is 0. The summed E-state index contributed by atoms with van der Waals surface area (Å²) in [6, 6.07) is 10.7. The number of nitrogens with zero attached hydrogens (tertiary/aromatic N) is 4. The van der Waals surface area contributed by atoms with Crippen LogP contribution in [-0.2, 0) is 11.2 Å². The third kappa shape index (κ3) is 7.53. The molecule has 1 saturated carbocycles. The summed E-state index contributed by atoms with van der Waals surface area (Å²) in [5, 5.41) is 9.46. The number of amides is 1. The lowest BCUT2D eigenvalue weighted by molar-refractivity contribution is -0.137. The molecular formula is C30H42N4O3. The molecule has 0 atom stereocenters. The van der Waals surface area contributed by atoms with Crippen LogP contribution in [-0.4, -0.2) is 58.0 Å². The Balaban J connectivity index is 1.52. The topological polar surface area (TPSA) is 86.6 Å². The van der Waals surface area contributed by atoms with Gasteiger partial charge in [-0.05, 0) is 55.9 Å². The van der Waals surface area contributed by atoms with E-state index in [1.165, 1.54) is 16.9 Å². The molecule has 2 heterocycles. The van der Waals surface area contributed by atoms with Crippen molar-refractivity contribution in [3.05, 3.63) is 53.3 Å². The van der Waals surface area contributed by atoms with Crippen LogP contribution in [0, 0.1) is 11.8 Å². The predicted molar refractivity (Wildman–Crippen MR) is 146 cm³/mol. The largest absolute Gasteiger partial charge is 0.480 e. The Hall–Kier alpha value is -2.96. The van der Waals surface area contributed by atoms with E-state index in [-0.39, 0.29) is 18.4 Å². The summed E-state index contributed by atoms with van der Waals surface area (Å²) in [7, 11) is 0. The summed E-state index contributed by atoms with van der Waals surface area (Å²) in [6.45, 7) is 6.11. The van der Waals surface area contributed by atoms with Crippen LogP contribution in [0.5, 0.6) is 0 Å². The maximum atomic E-state index is 13.6. The molecule has 1 aliphatic carbocycles. The molecule has 0 bridgehead atoms. The third-order valence-corrected chi connectivity index (χ3v) is 7.88. The highest BCUT2D eigenvalue weighted by molar-refractivity contribution is 5.96. The smallest absolute Gasteiger partial charge is 0.323 e. The van der Waals surface area contributed by atoms with Crippen LogP contribution in [0.2, 0.25) is 0 Å². The lowest BCUT2D eigenvalue weighted by atomic mass is 9.85. The number of rotatable bonds is 10. The van der Waals surface area contributed by atoms with E-state index in [0.29, 0.717) is 29.9 Å². The predicted octanol–water partition coefficient (Wildman–Crippen LogP) is 5.56. The summed E-state index contributed by atoms with van der Waals surface area (Å²) < 4.78 is 0. The van der Waals surface area contributed by atoms with E-state index < -0.39 is 5.97 Å². The molecule has 7 nitrogen and oxygen atoms in total. The number of aromatic nitrogens is 2. The Kier molecular flexibility index (Phi) is 9.53. The second-order valence-corrected chi connectivity index (χ2v) is 11.2. The Bertz CT molecular complexity index is 1030. The number of hydrogen-bond acceptors (Lipinski definition) is 5. The molecule has 1 aliphatic heterocycles. The molecule has 1 aromatic heterocycles. The number of hydrogen-bond donors (Lipinski definition) is 1. The Morgan fingerprint density at radius 1 is 1.05 bits per heavy atom. The van der Waals surface area contributed by atoms with Crippen LogP contribution in [0.15, 0.2) is 36.5 Å². The number of anilines is 1. The SMILES string of the molecule is CC(C)CCN(CC(=O)O)C(=O)c1cnc(N2CCC(Cc3ccccc3)CC2)nc1C1CCCCC1. The number of carboxylic acids is 1. The van der Waals surface area contributed by atoms with E-state index in [0.717, 1.165) is 70.2 Å². The highest BCUT2D eigenvalue weighted by atomic mass is 16.4. The summed E-state index contributed by atoms with van der Waals surface area (Å²) in [5.41, 5.74) is 2.70. The molecule has 1 amide bonds. The van der Waals surface area contributed by atoms with Crippen molar-refractivity contribution in [2.45, 2.75) is 77.6 Å². The summed E-state index contributed by atoms with van der Waals surface area (Å²) in [6.07, 6.45) is 11.2. The van der Waals surface area contributed by atoms with Crippen molar-refractivity contribution in [1.29, 1.82) is 0 Å². The molecule has 0 spiro atoms. The van der Waals surface area contributed by atoms with Crippen LogP contribution in [0.25, 0.3) is 0 Å². The number of aliphatic carboxylic acids is 1. The van der Waals surface area contributed by atoms with E-state index in [4.69, 9.17) is 4.98 Å². The van der Waals surface area contributed by atoms with Gasteiger partial charge in [0.2, 0.25) is 5.95 Å². The van der Waals surface area contributed by atoms with Crippen LogP contribution >= 0.6 is 0 Å². The van der Waals surface area contributed by atoms with Crippen LogP contribution in [0.4, 0.5) is 5.95 Å². The highest BCUT2D eigenvalue weighted by Crippen LogP contribution is 2.35. The van der Waals surface area contributed by atoms with Gasteiger partial charge in [0.05, 0.1) is 11.3 Å². The normalized spacial score (nSPS) is 17.2. The average molecular weight is 507 g/mol. The minimum atomic E-state index is -0.993. The maximum absolute atomic E-state index is 13.6. The van der Waals surface area contributed by atoms with Gasteiger partial charge in [0.1, 0.15) is 6.54 Å². The van der Waals surface area contributed by atoms with Gasteiger partial charge in [0.15, 0.2) is 0 Å². The van der Waals surface area contributed by atoms with Crippen LogP contribution in [0.1, 0.15) is 92.7 Å². The average Bonchev–Trinajstić information content (AvgIpc) is 2.91. The van der Waals surface area contributed by atoms with Gasteiger partial charge in [-0.2, -0.15) is 0 Å². The van der Waals surface area contributed by atoms with Gasteiger partial charge in [-0.1, -0.05) is 63.4 Å². The molecule has 1 aromatic carbocycles.